The molecule has 0 heterocycles. The van der Waals surface area contributed by atoms with Crippen LogP contribution in [0.2, 0.25) is 0 Å². The van der Waals surface area contributed by atoms with Crippen molar-refractivity contribution in [2.45, 2.75) is 6.92 Å². The summed E-state index contributed by atoms with van der Waals surface area (Å²) in [6.45, 7) is 1.62. The summed E-state index contributed by atoms with van der Waals surface area (Å²) in [5, 5.41) is 2.06. The highest BCUT2D eigenvalue weighted by Crippen LogP contribution is 2.22. The van der Waals surface area contributed by atoms with Crippen molar-refractivity contribution in [3.8, 4) is 5.75 Å². The number of anilines is 2. The van der Waals surface area contributed by atoms with Gasteiger partial charge in [-0.3, -0.25) is 9.10 Å². The van der Waals surface area contributed by atoms with Crippen LogP contribution in [0.4, 0.5) is 20.2 Å². The van der Waals surface area contributed by atoms with Gasteiger partial charge in [-0.1, -0.05) is 6.07 Å². The van der Waals surface area contributed by atoms with Crippen molar-refractivity contribution in [1.29, 1.82) is 0 Å². The molecule has 6 nitrogen and oxygen atoms in total. The zero-order valence-corrected chi connectivity index (χ0v) is 15.0. The summed E-state index contributed by atoms with van der Waals surface area (Å²) in [6, 6.07) is 9.20. The number of rotatable bonds is 7. The van der Waals surface area contributed by atoms with Gasteiger partial charge in [-0.05, 0) is 43.3 Å². The lowest BCUT2D eigenvalue weighted by molar-refractivity contribution is -0.114. The number of hydrogen-bond donors (Lipinski definition) is 1. The molecule has 0 radical (unpaired) electrons. The number of carbonyl (C=O) groups excluding carboxylic acids is 1. The van der Waals surface area contributed by atoms with Crippen LogP contribution in [-0.2, 0) is 14.8 Å². The Labute approximate surface area is 150 Å². The van der Waals surface area contributed by atoms with E-state index in [0.29, 0.717) is 12.4 Å². The van der Waals surface area contributed by atoms with E-state index in [4.69, 9.17) is 4.74 Å². The van der Waals surface area contributed by atoms with Crippen molar-refractivity contribution in [2.75, 3.05) is 29.0 Å². The van der Waals surface area contributed by atoms with Crippen LogP contribution in [0.5, 0.6) is 5.75 Å². The van der Waals surface area contributed by atoms with E-state index in [9.17, 15) is 22.0 Å². The Bertz CT molecular complexity index is 866. The number of carbonyl (C=O) groups is 1. The predicted molar refractivity (Wildman–Crippen MR) is 94.8 cm³/mol. The number of benzene rings is 2. The number of nitrogens with one attached hydrogen (secondary N) is 1. The Morgan fingerprint density at radius 2 is 1.69 bits per heavy atom. The van der Waals surface area contributed by atoms with E-state index in [1.807, 2.05) is 6.92 Å². The highest BCUT2D eigenvalue weighted by molar-refractivity contribution is 7.92. The number of hydrogen-bond acceptors (Lipinski definition) is 4. The van der Waals surface area contributed by atoms with E-state index in [1.165, 1.54) is 12.1 Å². The van der Waals surface area contributed by atoms with Crippen LogP contribution in [0.25, 0.3) is 0 Å². The van der Waals surface area contributed by atoms with Gasteiger partial charge >= 0.3 is 0 Å². The molecular weight excluding hydrogens is 366 g/mol. The maximum absolute atomic E-state index is 13.6. The second-order valence-corrected chi connectivity index (χ2v) is 7.25. The van der Waals surface area contributed by atoms with E-state index in [1.54, 1.807) is 12.1 Å². The van der Waals surface area contributed by atoms with E-state index >= 15 is 0 Å². The summed E-state index contributed by atoms with van der Waals surface area (Å²) in [4.78, 5) is 12.1. The van der Waals surface area contributed by atoms with Crippen molar-refractivity contribution in [1.82, 2.24) is 0 Å². The second kappa shape index (κ2) is 8.13. The Morgan fingerprint density at radius 3 is 2.19 bits per heavy atom. The lowest BCUT2D eigenvalue weighted by atomic mass is 10.3. The van der Waals surface area contributed by atoms with Gasteiger partial charge < -0.3 is 10.1 Å². The van der Waals surface area contributed by atoms with Gasteiger partial charge in [-0.2, -0.15) is 0 Å². The van der Waals surface area contributed by atoms with E-state index in [0.717, 1.165) is 28.8 Å². The number of nitrogens with zero attached hydrogens (tertiary/aromatic N) is 1. The van der Waals surface area contributed by atoms with Crippen LogP contribution in [-0.4, -0.2) is 33.7 Å². The lowest BCUT2D eigenvalue weighted by Gasteiger charge is -2.22. The molecule has 0 spiro atoms. The third kappa shape index (κ3) is 4.92. The molecule has 0 unspecified atom stereocenters. The minimum atomic E-state index is -3.81. The van der Waals surface area contributed by atoms with Gasteiger partial charge in [-0.15, -0.1) is 0 Å². The van der Waals surface area contributed by atoms with E-state index < -0.39 is 39.8 Å². The quantitative estimate of drug-likeness (QED) is 0.797. The molecule has 0 aliphatic carbocycles. The first kappa shape index (κ1) is 19.6. The van der Waals surface area contributed by atoms with Gasteiger partial charge in [0.2, 0.25) is 15.9 Å². The molecule has 2 rings (SSSR count). The van der Waals surface area contributed by atoms with Gasteiger partial charge in [0.05, 0.1) is 18.6 Å². The maximum Gasteiger partial charge on any atom is 0.245 e. The summed E-state index contributed by atoms with van der Waals surface area (Å²) < 4.78 is 57.4. The van der Waals surface area contributed by atoms with Gasteiger partial charge in [0.15, 0.2) is 0 Å². The Morgan fingerprint density at radius 1 is 1.12 bits per heavy atom. The van der Waals surface area contributed by atoms with Gasteiger partial charge in [-0.25, -0.2) is 17.2 Å². The molecule has 0 fully saturated rings. The fraction of sp³-hybridized carbons (Fsp3) is 0.235. The van der Waals surface area contributed by atoms with E-state index in [2.05, 4.69) is 5.32 Å². The van der Waals surface area contributed by atoms with Gasteiger partial charge in [0.25, 0.3) is 0 Å². The average molecular weight is 384 g/mol. The molecule has 0 aromatic heterocycles. The summed E-state index contributed by atoms with van der Waals surface area (Å²) in [6.07, 6.45) is 0.931. The Balaban J connectivity index is 2.22. The van der Waals surface area contributed by atoms with E-state index in [-0.39, 0.29) is 5.69 Å². The molecule has 9 heteroatoms. The number of sulfonamides is 1. The SMILES string of the molecule is CCOc1ccc(N(CC(=O)Nc2c(F)cccc2F)S(C)(=O)=O)cc1. The summed E-state index contributed by atoms with van der Waals surface area (Å²) in [5.74, 6) is -2.24. The van der Waals surface area contributed by atoms with Crippen LogP contribution < -0.4 is 14.4 Å². The molecule has 0 bridgehead atoms. The minimum Gasteiger partial charge on any atom is -0.494 e. The molecule has 1 amide bonds. The first-order valence-corrected chi connectivity index (χ1v) is 9.51. The normalized spacial score (nSPS) is 11.1. The molecule has 140 valence electrons. The standard InChI is InChI=1S/C17H18F2N2O4S/c1-3-25-13-9-7-12(8-10-13)21(26(2,23)24)11-16(22)20-17-14(18)5-4-6-15(17)19/h4-10H,3,11H2,1-2H3,(H,20,22). The molecule has 0 saturated carbocycles. The predicted octanol–water partition coefficient (Wildman–Crippen LogP) is 2.77. The molecule has 0 atom stereocenters. The highest BCUT2D eigenvalue weighted by Gasteiger charge is 2.22. The largest absolute Gasteiger partial charge is 0.494 e. The molecule has 26 heavy (non-hydrogen) atoms. The summed E-state index contributed by atoms with van der Waals surface area (Å²) in [5.41, 5.74) is -0.405. The lowest BCUT2D eigenvalue weighted by Crippen LogP contribution is -2.37. The fourth-order valence-electron chi connectivity index (χ4n) is 2.20. The smallest absolute Gasteiger partial charge is 0.245 e. The van der Waals surface area contributed by atoms with Gasteiger partial charge in [0, 0.05) is 0 Å². The van der Waals surface area contributed by atoms with Crippen molar-refractivity contribution in [3.63, 3.8) is 0 Å². The molecule has 2 aromatic carbocycles. The Kier molecular flexibility index (Phi) is 6.14. The average Bonchev–Trinajstić information content (AvgIpc) is 2.56. The molecular formula is C17H18F2N2O4S. The number of para-hydroxylation sites is 1. The Hall–Kier alpha value is -2.68. The molecule has 0 aliphatic rings. The number of ether oxygens (including phenoxy) is 1. The zero-order valence-electron chi connectivity index (χ0n) is 14.2. The number of halogens is 2. The van der Waals surface area contributed by atoms with Crippen molar-refractivity contribution in [2.24, 2.45) is 0 Å². The fourth-order valence-corrected chi connectivity index (χ4v) is 3.06. The van der Waals surface area contributed by atoms with Crippen molar-refractivity contribution >= 4 is 27.3 Å². The maximum atomic E-state index is 13.6. The van der Waals surface area contributed by atoms with Crippen molar-refractivity contribution in [3.05, 3.63) is 54.1 Å². The van der Waals surface area contributed by atoms with Crippen LogP contribution >= 0.6 is 0 Å². The summed E-state index contributed by atoms with van der Waals surface area (Å²) >= 11 is 0. The van der Waals surface area contributed by atoms with Crippen LogP contribution in [0.3, 0.4) is 0 Å². The van der Waals surface area contributed by atoms with Gasteiger partial charge in [0.1, 0.15) is 29.6 Å². The minimum absolute atomic E-state index is 0.222. The third-order valence-corrected chi connectivity index (χ3v) is 4.49. The number of amides is 1. The topological polar surface area (TPSA) is 75.7 Å². The monoisotopic (exact) mass is 384 g/mol. The second-order valence-electron chi connectivity index (χ2n) is 5.34. The van der Waals surface area contributed by atoms with Crippen LogP contribution in [0.1, 0.15) is 6.92 Å². The molecule has 0 saturated heterocycles. The molecule has 1 N–H and O–H groups in total. The molecule has 0 aliphatic heterocycles. The first-order chi connectivity index (χ1) is 12.2. The van der Waals surface area contributed by atoms with Crippen LogP contribution in [0, 0.1) is 11.6 Å². The van der Waals surface area contributed by atoms with Crippen LogP contribution in [0.15, 0.2) is 42.5 Å². The first-order valence-electron chi connectivity index (χ1n) is 7.66. The third-order valence-electron chi connectivity index (χ3n) is 3.35. The highest BCUT2D eigenvalue weighted by atomic mass is 32.2. The molecule has 2 aromatic rings. The summed E-state index contributed by atoms with van der Waals surface area (Å²) in [7, 11) is -3.81. The zero-order chi connectivity index (χ0) is 19.3. The van der Waals surface area contributed by atoms with Crippen molar-refractivity contribution < 1.29 is 26.7 Å².